The van der Waals surface area contributed by atoms with Gasteiger partial charge in [0.05, 0.1) is 25.8 Å². The molecule has 0 saturated carbocycles. The van der Waals surface area contributed by atoms with Gasteiger partial charge in [-0.3, -0.25) is 4.99 Å². The van der Waals surface area contributed by atoms with Crippen molar-refractivity contribution in [1.29, 1.82) is 0 Å². The molecule has 2 aromatic rings. The van der Waals surface area contributed by atoms with Crippen LogP contribution in [0.25, 0.3) is 0 Å². The summed E-state index contributed by atoms with van der Waals surface area (Å²) in [5.41, 5.74) is 0.777. The third-order valence-electron chi connectivity index (χ3n) is 4.62. The average Bonchev–Trinajstić information content (AvgIpc) is 2.74. The molecule has 2 heterocycles. The lowest BCUT2D eigenvalue weighted by atomic mass is 10.0. The van der Waals surface area contributed by atoms with Gasteiger partial charge in [0, 0.05) is 32.4 Å². The van der Waals surface area contributed by atoms with Crippen LogP contribution >= 0.6 is 0 Å². The van der Waals surface area contributed by atoms with Crippen LogP contribution in [0.5, 0.6) is 5.88 Å². The third kappa shape index (κ3) is 5.38. The number of aliphatic imine (C=N–C) groups is 1. The van der Waals surface area contributed by atoms with Crippen molar-refractivity contribution in [3.05, 3.63) is 59.3 Å². The second-order valence-corrected chi connectivity index (χ2v) is 6.54. The number of hydrogen-bond acceptors (Lipinski definition) is 4. The van der Waals surface area contributed by atoms with Crippen LogP contribution in [0.2, 0.25) is 0 Å². The molecule has 1 saturated heterocycles. The Balaban J connectivity index is 1.65. The summed E-state index contributed by atoms with van der Waals surface area (Å²) in [6.07, 6.45) is -3.13. The standard InChI is InChI=1S/C20H23F3N4O2/c1-24-19(26-12-14-6-7-18(28-2)25-11-14)27-8-9-29-17(13-27)15-4-3-5-16(10-15)20(21,22)23/h3-7,10-11,17H,8-9,12-13H2,1-2H3,(H,24,26). The fraction of sp³-hybridized carbons (Fsp3) is 0.400. The molecule has 1 N–H and O–H groups in total. The van der Waals surface area contributed by atoms with Crippen LogP contribution in [0.4, 0.5) is 13.2 Å². The quantitative estimate of drug-likeness (QED) is 0.622. The van der Waals surface area contributed by atoms with Crippen molar-refractivity contribution in [2.75, 3.05) is 33.9 Å². The van der Waals surface area contributed by atoms with Crippen molar-refractivity contribution < 1.29 is 22.6 Å². The van der Waals surface area contributed by atoms with Gasteiger partial charge in [-0.25, -0.2) is 4.98 Å². The van der Waals surface area contributed by atoms with E-state index < -0.39 is 17.8 Å². The van der Waals surface area contributed by atoms with Gasteiger partial charge in [-0.2, -0.15) is 13.2 Å². The zero-order valence-corrected chi connectivity index (χ0v) is 16.2. The van der Waals surface area contributed by atoms with Crippen molar-refractivity contribution >= 4 is 5.96 Å². The monoisotopic (exact) mass is 408 g/mol. The van der Waals surface area contributed by atoms with Crippen molar-refractivity contribution in [3.63, 3.8) is 0 Å². The van der Waals surface area contributed by atoms with Gasteiger partial charge >= 0.3 is 6.18 Å². The molecule has 1 aromatic carbocycles. The van der Waals surface area contributed by atoms with Crippen molar-refractivity contribution in [2.24, 2.45) is 4.99 Å². The second kappa shape index (κ2) is 9.13. The molecule has 6 nitrogen and oxygen atoms in total. The molecule has 1 fully saturated rings. The van der Waals surface area contributed by atoms with Crippen molar-refractivity contribution in [2.45, 2.75) is 18.8 Å². The van der Waals surface area contributed by atoms with E-state index in [0.717, 1.165) is 17.7 Å². The zero-order chi connectivity index (χ0) is 20.9. The normalized spacial score (nSPS) is 17.9. The minimum Gasteiger partial charge on any atom is -0.481 e. The highest BCUT2D eigenvalue weighted by molar-refractivity contribution is 5.80. The maximum Gasteiger partial charge on any atom is 0.416 e. The Hall–Kier alpha value is -2.81. The predicted octanol–water partition coefficient (Wildman–Crippen LogP) is 3.26. The van der Waals surface area contributed by atoms with E-state index >= 15 is 0 Å². The van der Waals surface area contributed by atoms with Gasteiger partial charge < -0.3 is 19.7 Å². The Labute approximate surface area is 167 Å². The van der Waals surface area contributed by atoms with Gasteiger partial charge in [-0.05, 0) is 23.3 Å². The van der Waals surface area contributed by atoms with Crippen LogP contribution in [-0.4, -0.2) is 49.7 Å². The van der Waals surface area contributed by atoms with E-state index in [1.54, 1.807) is 32.5 Å². The first-order chi connectivity index (χ1) is 13.9. The molecule has 1 aliphatic heterocycles. The van der Waals surface area contributed by atoms with Gasteiger partial charge in [0.1, 0.15) is 6.10 Å². The average molecular weight is 408 g/mol. The number of methoxy groups -OCH3 is 1. The predicted molar refractivity (Wildman–Crippen MR) is 103 cm³/mol. The highest BCUT2D eigenvalue weighted by Crippen LogP contribution is 2.32. The Morgan fingerprint density at radius 3 is 2.83 bits per heavy atom. The van der Waals surface area contributed by atoms with Gasteiger partial charge in [0.25, 0.3) is 0 Å². The van der Waals surface area contributed by atoms with E-state index in [4.69, 9.17) is 9.47 Å². The maximum atomic E-state index is 13.0. The highest BCUT2D eigenvalue weighted by Gasteiger charge is 2.32. The van der Waals surface area contributed by atoms with Crippen LogP contribution in [0.1, 0.15) is 22.8 Å². The molecule has 156 valence electrons. The molecular weight excluding hydrogens is 385 g/mol. The van der Waals surface area contributed by atoms with Crippen LogP contribution < -0.4 is 10.1 Å². The van der Waals surface area contributed by atoms with Crippen molar-refractivity contribution in [1.82, 2.24) is 15.2 Å². The topological polar surface area (TPSA) is 59.0 Å². The number of halogens is 3. The van der Waals surface area contributed by atoms with E-state index in [9.17, 15) is 13.2 Å². The molecule has 1 unspecified atom stereocenters. The zero-order valence-electron chi connectivity index (χ0n) is 16.2. The Morgan fingerprint density at radius 1 is 1.34 bits per heavy atom. The number of alkyl halides is 3. The van der Waals surface area contributed by atoms with Crippen LogP contribution in [0.15, 0.2) is 47.6 Å². The van der Waals surface area contributed by atoms with Crippen LogP contribution in [-0.2, 0) is 17.5 Å². The molecule has 0 aliphatic carbocycles. The number of benzene rings is 1. The number of rotatable bonds is 4. The summed E-state index contributed by atoms with van der Waals surface area (Å²) < 4.78 is 49.8. The third-order valence-corrected chi connectivity index (χ3v) is 4.62. The van der Waals surface area contributed by atoms with Gasteiger partial charge in [-0.15, -0.1) is 0 Å². The number of nitrogens with zero attached hydrogens (tertiary/aromatic N) is 3. The van der Waals surface area contributed by atoms with E-state index in [1.165, 1.54) is 6.07 Å². The first-order valence-corrected chi connectivity index (χ1v) is 9.14. The summed E-state index contributed by atoms with van der Waals surface area (Å²) >= 11 is 0. The second-order valence-electron chi connectivity index (χ2n) is 6.54. The van der Waals surface area contributed by atoms with E-state index in [1.807, 2.05) is 11.0 Å². The Morgan fingerprint density at radius 2 is 2.17 bits per heavy atom. The van der Waals surface area contributed by atoms with Crippen molar-refractivity contribution in [3.8, 4) is 5.88 Å². The van der Waals surface area contributed by atoms with E-state index in [-0.39, 0.29) is 0 Å². The maximum absolute atomic E-state index is 13.0. The summed E-state index contributed by atoms with van der Waals surface area (Å²) in [6, 6.07) is 8.95. The molecule has 1 atom stereocenters. The summed E-state index contributed by atoms with van der Waals surface area (Å²) in [5, 5.41) is 3.26. The number of ether oxygens (including phenoxy) is 2. The summed E-state index contributed by atoms with van der Waals surface area (Å²) in [7, 11) is 3.23. The molecule has 3 rings (SSSR count). The SMILES string of the molecule is CN=C(NCc1ccc(OC)nc1)N1CCOC(c2cccc(C(F)(F)F)c2)C1. The number of nitrogens with one attached hydrogen (secondary N) is 1. The summed E-state index contributed by atoms with van der Waals surface area (Å²) in [6.45, 7) is 1.90. The minimum atomic E-state index is -4.38. The lowest BCUT2D eigenvalue weighted by Crippen LogP contribution is -2.48. The molecule has 1 aromatic heterocycles. The number of morpholine rings is 1. The summed E-state index contributed by atoms with van der Waals surface area (Å²) in [5.74, 6) is 1.19. The molecule has 9 heteroatoms. The van der Waals surface area contributed by atoms with E-state index in [0.29, 0.717) is 43.6 Å². The van der Waals surface area contributed by atoms with E-state index in [2.05, 4.69) is 15.3 Å². The molecule has 0 amide bonds. The lowest BCUT2D eigenvalue weighted by Gasteiger charge is -2.35. The molecule has 0 bridgehead atoms. The smallest absolute Gasteiger partial charge is 0.416 e. The number of hydrogen-bond donors (Lipinski definition) is 1. The van der Waals surface area contributed by atoms with Gasteiger partial charge in [-0.1, -0.05) is 18.2 Å². The molecule has 0 spiro atoms. The minimum absolute atomic E-state index is 0.395. The first-order valence-electron chi connectivity index (χ1n) is 9.14. The van der Waals surface area contributed by atoms with Gasteiger partial charge in [0.15, 0.2) is 5.96 Å². The fourth-order valence-electron chi connectivity index (χ4n) is 3.11. The Kier molecular flexibility index (Phi) is 6.58. The number of pyridine rings is 1. The molecule has 29 heavy (non-hydrogen) atoms. The lowest BCUT2D eigenvalue weighted by molar-refractivity contribution is -0.137. The first kappa shape index (κ1) is 20.9. The molecule has 0 radical (unpaired) electrons. The molecular formula is C20H23F3N4O2. The largest absolute Gasteiger partial charge is 0.481 e. The van der Waals surface area contributed by atoms with Crippen LogP contribution in [0.3, 0.4) is 0 Å². The fourth-order valence-corrected chi connectivity index (χ4v) is 3.11. The Bertz CT molecular complexity index is 840. The van der Waals surface area contributed by atoms with Crippen LogP contribution in [0, 0.1) is 0 Å². The number of aromatic nitrogens is 1. The number of guanidine groups is 1. The van der Waals surface area contributed by atoms with Gasteiger partial charge in [0.2, 0.25) is 5.88 Å². The summed E-state index contributed by atoms with van der Waals surface area (Å²) in [4.78, 5) is 10.4. The highest BCUT2D eigenvalue weighted by atomic mass is 19.4. The molecule has 1 aliphatic rings.